The summed E-state index contributed by atoms with van der Waals surface area (Å²) < 4.78 is 48.5. The van der Waals surface area contributed by atoms with Crippen LogP contribution in [0.15, 0.2) is 84.9 Å². The van der Waals surface area contributed by atoms with Gasteiger partial charge in [-0.25, -0.2) is 0 Å². The summed E-state index contributed by atoms with van der Waals surface area (Å²) in [5, 5.41) is 40.0. The van der Waals surface area contributed by atoms with Crippen molar-refractivity contribution >= 4 is 0 Å². The second kappa shape index (κ2) is 18.8. The SMILES string of the molecule is Cc1ccc(C2OC3COC(c4ccc(C)c(C)c4)OC3C(C(O)CO)O2)cc1C.Cc1ccc(C2OC3COC(c4ccc(C)cc4)OC3C(C(O)CO)O2)cc1. The molecule has 12 heteroatoms. The van der Waals surface area contributed by atoms with Crippen LogP contribution in [0.4, 0.5) is 0 Å². The molecule has 4 N–H and O–H groups in total. The molecular formula is C46H56O12. The van der Waals surface area contributed by atoms with Gasteiger partial charge >= 0.3 is 0 Å². The highest BCUT2D eigenvalue weighted by molar-refractivity contribution is 5.32. The summed E-state index contributed by atoms with van der Waals surface area (Å²) in [5.41, 5.74) is 10.5. The van der Waals surface area contributed by atoms with Crippen molar-refractivity contribution in [3.05, 3.63) is 141 Å². The van der Waals surface area contributed by atoms with Crippen LogP contribution in [-0.2, 0) is 37.9 Å². The predicted octanol–water partition coefficient (Wildman–Crippen LogP) is 5.72. The average Bonchev–Trinajstić information content (AvgIpc) is 3.24. The van der Waals surface area contributed by atoms with Crippen molar-refractivity contribution in [1.29, 1.82) is 0 Å². The van der Waals surface area contributed by atoms with Crippen molar-refractivity contribution in [1.82, 2.24) is 0 Å². The lowest BCUT2D eigenvalue weighted by Gasteiger charge is -2.47. The Morgan fingerprint density at radius 2 is 0.810 bits per heavy atom. The van der Waals surface area contributed by atoms with E-state index in [0.29, 0.717) is 13.2 Å². The largest absolute Gasteiger partial charge is 0.394 e. The molecular weight excluding hydrogens is 744 g/mol. The zero-order valence-electron chi connectivity index (χ0n) is 33.9. The molecule has 0 radical (unpaired) electrons. The number of aliphatic hydroxyl groups is 4. The van der Waals surface area contributed by atoms with Gasteiger partial charge in [0.05, 0.1) is 26.4 Å². The van der Waals surface area contributed by atoms with E-state index in [-0.39, 0.29) is 0 Å². The highest BCUT2D eigenvalue weighted by Gasteiger charge is 2.49. The highest BCUT2D eigenvalue weighted by atomic mass is 16.8. The number of aliphatic hydroxyl groups excluding tert-OH is 4. The van der Waals surface area contributed by atoms with Crippen molar-refractivity contribution in [2.24, 2.45) is 0 Å². The molecule has 0 saturated carbocycles. The van der Waals surface area contributed by atoms with Crippen LogP contribution in [0.1, 0.15) is 80.8 Å². The second-order valence-electron chi connectivity index (χ2n) is 15.8. The van der Waals surface area contributed by atoms with E-state index >= 15 is 0 Å². The lowest BCUT2D eigenvalue weighted by molar-refractivity contribution is -0.373. The van der Waals surface area contributed by atoms with Crippen LogP contribution in [-0.4, -0.2) is 95.7 Å². The van der Waals surface area contributed by atoms with Gasteiger partial charge in [0, 0.05) is 22.3 Å². The van der Waals surface area contributed by atoms with Crippen molar-refractivity contribution in [3.63, 3.8) is 0 Å². The Bertz CT molecular complexity index is 1950. The van der Waals surface area contributed by atoms with E-state index < -0.39 is 87.2 Å². The van der Waals surface area contributed by atoms with Crippen molar-refractivity contribution < 1.29 is 58.3 Å². The maximum Gasteiger partial charge on any atom is 0.184 e. The Hall–Kier alpha value is -3.60. The fraction of sp³-hybridized carbons (Fsp3) is 0.478. The quantitative estimate of drug-likeness (QED) is 0.172. The van der Waals surface area contributed by atoms with Gasteiger partial charge in [0.2, 0.25) is 0 Å². The molecule has 312 valence electrons. The maximum absolute atomic E-state index is 10.5. The van der Waals surface area contributed by atoms with Crippen LogP contribution < -0.4 is 0 Å². The maximum atomic E-state index is 10.5. The molecule has 4 fully saturated rings. The molecule has 12 atom stereocenters. The zero-order valence-corrected chi connectivity index (χ0v) is 33.9. The monoisotopic (exact) mass is 800 g/mol. The van der Waals surface area contributed by atoms with Crippen LogP contribution in [0.2, 0.25) is 0 Å². The van der Waals surface area contributed by atoms with E-state index in [9.17, 15) is 20.4 Å². The molecule has 4 aromatic carbocycles. The third kappa shape index (κ3) is 9.55. The Morgan fingerprint density at radius 3 is 1.22 bits per heavy atom. The number of aryl methyl sites for hydroxylation is 6. The van der Waals surface area contributed by atoms with Gasteiger partial charge in [-0.2, -0.15) is 0 Å². The van der Waals surface area contributed by atoms with E-state index in [1.165, 1.54) is 11.1 Å². The van der Waals surface area contributed by atoms with Gasteiger partial charge in [0.15, 0.2) is 25.2 Å². The Balaban J connectivity index is 0.000000177. The number of ether oxygens (including phenoxy) is 8. The van der Waals surface area contributed by atoms with Crippen molar-refractivity contribution in [2.45, 2.75) is 116 Å². The minimum Gasteiger partial charge on any atom is -0.394 e. The molecule has 12 nitrogen and oxygen atoms in total. The summed E-state index contributed by atoms with van der Waals surface area (Å²) in [7, 11) is 0. The Kier molecular flexibility index (Phi) is 13.8. The number of rotatable bonds is 8. The number of fused-ring (bicyclic) bond motifs is 2. The zero-order chi connectivity index (χ0) is 41.1. The fourth-order valence-electron chi connectivity index (χ4n) is 7.49. The average molecular weight is 801 g/mol. The lowest BCUT2D eigenvalue weighted by Crippen LogP contribution is -2.58. The first-order valence-corrected chi connectivity index (χ1v) is 19.9. The van der Waals surface area contributed by atoms with Crippen LogP contribution in [0.3, 0.4) is 0 Å². The summed E-state index contributed by atoms with van der Waals surface area (Å²) in [6.07, 6.45) is -8.05. The van der Waals surface area contributed by atoms with Gasteiger partial charge < -0.3 is 58.3 Å². The molecule has 0 amide bonds. The van der Waals surface area contributed by atoms with Crippen LogP contribution >= 0.6 is 0 Å². The number of hydrogen-bond acceptors (Lipinski definition) is 12. The van der Waals surface area contributed by atoms with Gasteiger partial charge in [-0.3, -0.25) is 0 Å². The topological polar surface area (TPSA) is 155 Å². The van der Waals surface area contributed by atoms with Gasteiger partial charge in [-0.15, -0.1) is 0 Å². The third-order valence-electron chi connectivity index (χ3n) is 11.4. The minimum atomic E-state index is -1.09. The number of hydrogen-bond donors (Lipinski definition) is 4. The highest BCUT2D eigenvalue weighted by Crippen LogP contribution is 2.41. The smallest absolute Gasteiger partial charge is 0.184 e. The molecule has 4 saturated heterocycles. The summed E-state index contributed by atoms with van der Waals surface area (Å²) in [5.74, 6) is 0. The Labute approximate surface area is 340 Å². The second-order valence-corrected chi connectivity index (χ2v) is 15.8. The molecule has 4 aliphatic heterocycles. The first-order chi connectivity index (χ1) is 27.9. The molecule has 58 heavy (non-hydrogen) atoms. The first-order valence-electron chi connectivity index (χ1n) is 19.9. The molecule has 0 aromatic heterocycles. The standard InChI is InChI=1S/C24H30O6.C22H26O6/c1-13-5-7-17(9-15(13)3)23-27-12-20-22(30-23)21(19(26)11-25)29-24(28-20)18-8-6-14(2)16(4)10-18;1-13-3-7-15(8-4-13)21-25-12-18-20(28-21)19(17(24)11-23)27-22(26-18)16-9-5-14(2)6-10-16/h5-10,19-26H,11-12H2,1-4H3;3-10,17-24H,11-12H2,1-2H3. The molecule has 0 aliphatic carbocycles. The Morgan fingerprint density at radius 1 is 0.448 bits per heavy atom. The molecule has 4 heterocycles. The fourth-order valence-corrected chi connectivity index (χ4v) is 7.49. The summed E-state index contributed by atoms with van der Waals surface area (Å²) >= 11 is 0. The minimum absolute atomic E-state index is 0.307. The molecule has 4 aliphatic rings. The third-order valence-corrected chi connectivity index (χ3v) is 11.4. The van der Waals surface area contributed by atoms with Crippen LogP contribution in [0, 0.1) is 41.5 Å². The van der Waals surface area contributed by atoms with E-state index in [2.05, 4.69) is 6.92 Å². The summed E-state index contributed by atoms with van der Waals surface area (Å²) in [6.45, 7) is 12.0. The first kappa shape index (κ1) is 42.5. The van der Waals surface area contributed by atoms with Crippen LogP contribution in [0.5, 0.6) is 0 Å². The van der Waals surface area contributed by atoms with Crippen molar-refractivity contribution in [2.75, 3.05) is 26.4 Å². The number of benzene rings is 4. The predicted molar refractivity (Wildman–Crippen MR) is 212 cm³/mol. The van der Waals surface area contributed by atoms with Crippen LogP contribution in [0.25, 0.3) is 0 Å². The molecule has 8 rings (SSSR count). The molecule has 12 unspecified atom stereocenters. The van der Waals surface area contributed by atoms with E-state index in [1.54, 1.807) is 0 Å². The van der Waals surface area contributed by atoms with E-state index in [4.69, 9.17) is 37.9 Å². The summed E-state index contributed by atoms with van der Waals surface area (Å²) in [6, 6.07) is 27.8. The lowest BCUT2D eigenvalue weighted by atomic mass is 9.98. The van der Waals surface area contributed by atoms with Gasteiger partial charge in [0.25, 0.3) is 0 Å². The van der Waals surface area contributed by atoms with Gasteiger partial charge in [-0.05, 0) is 63.8 Å². The molecule has 4 aromatic rings. The van der Waals surface area contributed by atoms with Gasteiger partial charge in [-0.1, -0.05) is 96.1 Å². The van der Waals surface area contributed by atoms with Gasteiger partial charge in [0.1, 0.15) is 48.8 Å². The van der Waals surface area contributed by atoms with Crippen molar-refractivity contribution in [3.8, 4) is 0 Å². The van der Waals surface area contributed by atoms with E-state index in [1.807, 2.05) is 120 Å². The van der Waals surface area contributed by atoms with E-state index in [0.717, 1.165) is 44.5 Å². The molecule has 0 bridgehead atoms. The normalized spacial score (nSPS) is 30.6. The molecule has 0 spiro atoms. The summed E-state index contributed by atoms with van der Waals surface area (Å²) in [4.78, 5) is 0.